The number of carbonyl (C=O) groups excluding carboxylic acids is 1. The number of carbonyl (C=O) groups is 1. The van der Waals surface area contributed by atoms with Crippen molar-refractivity contribution in [2.24, 2.45) is 7.05 Å². The number of halogens is 3. The summed E-state index contributed by atoms with van der Waals surface area (Å²) >= 11 is 0. The van der Waals surface area contributed by atoms with Crippen LogP contribution in [0.25, 0.3) is 10.9 Å². The Hall–Kier alpha value is -3.03. The molecule has 2 heterocycles. The van der Waals surface area contributed by atoms with E-state index in [4.69, 9.17) is 9.47 Å². The van der Waals surface area contributed by atoms with E-state index in [2.05, 4.69) is 4.98 Å². The van der Waals surface area contributed by atoms with Gasteiger partial charge >= 0.3 is 12.1 Å². The van der Waals surface area contributed by atoms with Gasteiger partial charge in [-0.3, -0.25) is 9.78 Å². The van der Waals surface area contributed by atoms with Gasteiger partial charge in [0.25, 0.3) is 0 Å². The van der Waals surface area contributed by atoms with Crippen LogP contribution < -0.4 is 4.74 Å². The van der Waals surface area contributed by atoms with E-state index in [0.717, 1.165) is 11.6 Å². The fourth-order valence-electron chi connectivity index (χ4n) is 3.65. The van der Waals surface area contributed by atoms with Gasteiger partial charge in [0.1, 0.15) is 5.75 Å². The van der Waals surface area contributed by atoms with E-state index in [-0.39, 0.29) is 5.75 Å². The van der Waals surface area contributed by atoms with Gasteiger partial charge in [-0.25, -0.2) is 0 Å². The van der Waals surface area contributed by atoms with Gasteiger partial charge in [-0.15, -0.1) is 0 Å². The Kier molecular flexibility index (Phi) is 5.55. The summed E-state index contributed by atoms with van der Waals surface area (Å²) in [5.41, 5.74) is 1.62. The number of fused-ring (bicyclic) bond motifs is 1. The summed E-state index contributed by atoms with van der Waals surface area (Å²) in [5.74, 6) is -1.46. The first-order valence-electron chi connectivity index (χ1n) is 8.89. The first-order valence-corrected chi connectivity index (χ1v) is 8.89. The lowest BCUT2D eigenvalue weighted by Gasteiger charge is -2.17. The molecule has 0 aliphatic carbocycles. The predicted octanol–water partition coefficient (Wildman–Crippen LogP) is 4.41. The zero-order chi connectivity index (χ0) is 21.3. The monoisotopic (exact) mass is 406 g/mol. The number of ether oxygens (including phenoxy) is 2. The average Bonchev–Trinajstić information content (AvgIpc) is 2.94. The fourth-order valence-corrected chi connectivity index (χ4v) is 3.65. The van der Waals surface area contributed by atoms with Crippen LogP contribution in [0.4, 0.5) is 13.2 Å². The second kappa shape index (κ2) is 7.77. The molecule has 0 N–H and O–H groups in total. The number of pyridine rings is 1. The molecular weight excluding hydrogens is 385 g/mol. The van der Waals surface area contributed by atoms with E-state index >= 15 is 0 Å². The molecule has 1 atom stereocenters. The maximum absolute atomic E-state index is 13.5. The number of esters is 1. The Bertz CT molecular complexity index is 1040. The lowest BCUT2D eigenvalue weighted by molar-refractivity contribution is -0.142. The number of nitrogens with zero attached hydrogens (tertiary/aromatic N) is 2. The lowest BCUT2D eigenvalue weighted by atomic mass is 9.90. The SMILES string of the molecule is COC(=O)C(Cc1cccnc1)c1c(C)n(C)c2cc(C(F)(F)F)c(OC)cc12. The summed E-state index contributed by atoms with van der Waals surface area (Å²) < 4.78 is 52.1. The summed E-state index contributed by atoms with van der Waals surface area (Å²) in [6.07, 6.45) is -0.971. The van der Waals surface area contributed by atoms with Crippen LogP contribution in [-0.2, 0) is 29.2 Å². The van der Waals surface area contributed by atoms with Crippen LogP contribution in [0.5, 0.6) is 5.75 Å². The second-order valence-corrected chi connectivity index (χ2v) is 6.77. The molecule has 1 unspecified atom stereocenters. The fraction of sp³-hybridized carbons (Fsp3) is 0.333. The van der Waals surface area contributed by atoms with Crippen molar-refractivity contribution < 1.29 is 27.4 Å². The maximum atomic E-state index is 13.5. The zero-order valence-electron chi connectivity index (χ0n) is 16.5. The number of rotatable bonds is 5. The number of methoxy groups -OCH3 is 2. The summed E-state index contributed by atoms with van der Waals surface area (Å²) in [4.78, 5) is 16.7. The van der Waals surface area contributed by atoms with Crippen LogP contribution in [-0.4, -0.2) is 29.7 Å². The Morgan fingerprint density at radius 2 is 2.00 bits per heavy atom. The Balaban J connectivity index is 2.25. The number of aryl methyl sites for hydroxylation is 1. The Morgan fingerprint density at radius 1 is 1.28 bits per heavy atom. The summed E-state index contributed by atoms with van der Waals surface area (Å²) in [6, 6.07) is 6.01. The second-order valence-electron chi connectivity index (χ2n) is 6.77. The van der Waals surface area contributed by atoms with Crippen molar-refractivity contribution >= 4 is 16.9 Å². The average molecular weight is 406 g/mol. The molecule has 5 nitrogen and oxygen atoms in total. The van der Waals surface area contributed by atoms with Gasteiger partial charge in [0, 0.05) is 36.0 Å². The smallest absolute Gasteiger partial charge is 0.420 e. The first-order chi connectivity index (χ1) is 13.7. The van der Waals surface area contributed by atoms with Crippen molar-refractivity contribution in [1.82, 2.24) is 9.55 Å². The van der Waals surface area contributed by atoms with Gasteiger partial charge in [-0.05, 0) is 42.7 Å². The van der Waals surface area contributed by atoms with Crippen molar-refractivity contribution in [2.45, 2.75) is 25.4 Å². The molecular formula is C21H21F3N2O3. The molecule has 0 fully saturated rings. The third kappa shape index (κ3) is 3.79. The van der Waals surface area contributed by atoms with Crippen LogP contribution in [0, 0.1) is 6.92 Å². The van der Waals surface area contributed by atoms with Gasteiger partial charge in [0.2, 0.25) is 0 Å². The first kappa shape index (κ1) is 20.7. The lowest BCUT2D eigenvalue weighted by Crippen LogP contribution is -2.18. The highest BCUT2D eigenvalue weighted by molar-refractivity contribution is 5.93. The van der Waals surface area contributed by atoms with E-state index < -0.39 is 23.6 Å². The van der Waals surface area contributed by atoms with Gasteiger partial charge in [-0.1, -0.05) is 6.07 Å². The van der Waals surface area contributed by atoms with Crippen molar-refractivity contribution in [3.05, 3.63) is 59.0 Å². The minimum absolute atomic E-state index is 0.290. The Morgan fingerprint density at radius 3 is 2.55 bits per heavy atom. The van der Waals surface area contributed by atoms with Crippen LogP contribution in [0.3, 0.4) is 0 Å². The van der Waals surface area contributed by atoms with Gasteiger partial charge in [-0.2, -0.15) is 13.2 Å². The van der Waals surface area contributed by atoms with E-state index in [1.807, 2.05) is 6.07 Å². The summed E-state index contributed by atoms with van der Waals surface area (Å²) in [6.45, 7) is 1.77. The number of alkyl halides is 3. The molecule has 0 bridgehead atoms. The molecule has 3 rings (SSSR count). The van der Waals surface area contributed by atoms with E-state index in [1.165, 1.54) is 20.3 Å². The van der Waals surface area contributed by atoms with Crippen LogP contribution in [0.1, 0.15) is 28.3 Å². The van der Waals surface area contributed by atoms with Gasteiger partial charge in [0.15, 0.2) is 0 Å². The third-order valence-corrected chi connectivity index (χ3v) is 5.16. The zero-order valence-corrected chi connectivity index (χ0v) is 16.5. The molecule has 0 amide bonds. The van der Waals surface area contributed by atoms with E-state index in [9.17, 15) is 18.0 Å². The molecule has 0 aliphatic rings. The molecule has 154 valence electrons. The maximum Gasteiger partial charge on any atom is 0.420 e. The number of hydrogen-bond acceptors (Lipinski definition) is 4. The predicted molar refractivity (Wildman–Crippen MR) is 102 cm³/mol. The molecule has 8 heteroatoms. The third-order valence-electron chi connectivity index (χ3n) is 5.16. The highest BCUT2D eigenvalue weighted by atomic mass is 19.4. The number of hydrogen-bond donors (Lipinski definition) is 0. The summed E-state index contributed by atoms with van der Waals surface area (Å²) in [7, 11) is 4.16. The highest BCUT2D eigenvalue weighted by Crippen LogP contribution is 2.42. The van der Waals surface area contributed by atoms with Crippen molar-refractivity contribution in [2.75, 3.05) is 14.2 Å². The molecule has 0 saturated carbocycles. The van der Waals surface area contributed by atoms with Crippen LogP contribution >= 0.6 is 0 Å². The minimum atomic E-state index is -4.56. The largest absolute Gasteiger partial charge is 0.496 e. The molecule has 0 aliphatic heterocycles. The molecule has 2 aromatic heterocycles. The topological polar surface area (TPSA) is 53.3 Å². The van der Waals surface area contributed by atoms with Crippen molar-refractivity contribution in [1.29, 1.82) is 0 Å². The number of benzene rings is 1. The Labute approximate surface area is 166 Å². The molecule has 0 saturated heterocycles. The van der Waals surface area contributed by atoms with E-state index in [0.29, 0.717) is 28.6 Å². The van der Waals surface area contributed by atoms with E-state index in [1.54, 1.807) is 37.0 Å². The molecule has 3 aromatic rings. The van der Waals surface area contributed by atoms with Crippen molar-refractivity contribution in [3.8, 4) is 5.75 Å². The standard InChI is InChI=1S/C21H21F3N2O3/c1-12-19(15(20(27)29-4)8-13-6-5-7-25-11-13)14-9-18(28-3)16(21(22,23)24)10-17(14)26(12)2/h5-7,9-11,15H,8H2,1-4H3. The number of aromatic nitrogens is 2. The molecule has 1 aromatic carbocycles. The quantitative estimate of drug-likeness (QED) is 0.589. The molecule has 29 heavy (non-hydrogen) atoms. The normalized spacial score (nSPS) is 12.8. The van der Waals surface area contributed by atoms with Crippen LogP contribution in [0.15, 0.2) is 36.7 Å². The van der Waals surface area contributed by atoms with Crippen LogP contribution in [0.2, 0.25) is 0 Å². The van der Waals surface area contributed by atoms with Gasteiger partial charge in [0.05, 0.1) is 25.7 Å². The van der Waals surface area contributed by atoms with Crippen molar-refractivity contribution in [3.63, 3.8) is 0 Å². The van der Waals surface area contributed by atoms with Gasteiger partial charge < -0.3 is 14.0 Å². The minimum Gasteiger partial charge on any atom is -0.496 e. The molecule has 0 spiro atoms. The molecule has 0 radical (unpaired) electrons. The highest BCUT2D eigenvalue weighted by Gasteiger charge is 2.36. The summed E-state index contributed by atoms with van der Waals surface area (Å²) in [5, 5.41) is 0.522.